The number of nitrogens with one attached hydrogen (secondary N) is 1. The number of benzene rings is 1. The summed E-state index contributed by atoms with van der Waals surface area (Å²) in [7, 11) is 0. The summed E-state index contributed by atoms with van der Waals surface area (Å²) in [6.07, 6.45) is 3.79. The maximum Gasteiger partial charge on any atom is 0.326 e. The molecule has 1 aliphatic rings. The van der Waals surface area contributed by atoms with Crippen molar-refractivity contribution in [1.29, 1.82) is 0 Å². The molecule has 1 aliphatic heterocycles. The fraction of sp³-hybridized carbons (Fsp3) is 0.375. The van der Waals surface area contributed by atoms with Crippen LogP contribution in [0.4, 0.5) is 0 Å². The summed E-state index contributed by atoms with van der Waals surface area (Å²) in [4.78, 5) is 23.3. The van der Waals surface area contributed by atoms with Crippen LogP contribution in [0.2, 0.25) is 0 Å². The van der Waals surface area contributed by atoms with Crippen molar-refractivity contribution in [3.63, 3.8) is 0 Å². The molecule has 0 aromatic heterocycles. The molecule has 1 amide bonds. The molecule has 118 valence electrons. The second-order valence-electron chi connectivity index (χ2n) is 4.86. The quantitative estimate of drug-likeness (QED) is 0.780. The van der Waals surface area contributed by atoms with Gasteiger partial charge in [0.05, 0.1) is 4.58 Å². The van der Waals surface area contributed by atoms with E-state index < -0.39 is 12.0 Å². The van der Waals surface area contributed by atoms with E-state index >= 15 is 0 Å². The zero-order valence-electron chi connectivity index (χ0n) is 12.3. The van der Waals surface area contributed by atoms with Crippen molar-refractivity contribution in [2.24, 2.45) is 0 Å². The topological polar surface area (TPSA) is 66.4 Å². The molecule has 22 heavy (non-hydrogen) atoms. The van der Waals surface area contributed by atoms with Gasteiger partial charge in [-0.1, -0.05) is 24.3 Å². The van der Waals surface area contributed by atoms with Crippen molar-refractivity contribution < 1.29 is 14.7 Å². The van der Waals surface area contributed by atoms with Crippen LogP contribution < -0.4 is 5.32 Å². The summed E-state index contributed by atoms with van der Waals surface area (Å²) in [6, 6.07) is 6.53. The van der Waals surface area contributed by atoms with Gasteiger partial charge in [0.15, 0.2) is 0 Å². The Kier molecular flexibility index (Phi) is 6.39. The highest BCUT2D eigenvalue weighted by molar-refractivity contribution is 8.19. The van der Waals surface area contributed by atoms with Crippen molar-refractivity contribution in [3.8, 4) is 0 Å². The number of allylic oxidation sites excluding steroid dienone is 1. The molecule has 4 nitrogen and oxygen atoms in total. The molecule has 1 saturated heterocycles. The lowest BCUT2D eigenvalue weighted by atomic mass is 10.1. The van der Waals surface area contributed by atoms with Gasteiger partial charge >= 0.3 is 5.97 Å². The molecule has 2 rings (SSSR count). The number of hydrogen-bond donors (Lipinski definition) is 2. The highest BCUT2D eigenvalue weighted by Gasteiger charge is 2.21. The maximum atomic E-state index is 12.1. The van der Waals surface area contributed by atoms with E-state index in [1.165, 1.54) is 5.56 Å². The third kappa shape index (κ3) is 4.55. The molecule has 1 heterocycles. The Morgan fingerprint density at radius 1 is 1.32 bits per heavy atom. The molecule has 0 saturated carbocycles. The molecule has 1 fully saturated rings. The zero-order valence-corrected chi connectivity index (χ0v) is 14.0. The van der Waals surface area contributed by atoms with Gasteiger partial charge in [-0.3, -0.25) is 4.79 Å². The van der Waals surface area contributed by atoms with Gasteiger partial charge in [0.25, 0.3) is 5.91 Å². The first-order valence-electron chi connectivity index (χ1n) is 7.10. The first-order chi connectivity index (χ1) is 10.6. The number of carboxylic acids is 1. The molecule has 6 heteroatoms. The van der Waals surface area contributed by atoms with Crippen LogP contribution >= 0.6 is 23.5 Å². The van der Waals surface area contributed by atoms with Gasteiger partial charge < -0.3 is 10.4 Å². The van der Waals surface area contributed by atoms with Crippen LogP contribution in [0.3, 0.4) is 0 Å². The lowest BCUT2D eigenvalue weighted by Gasteiger charge is -2.13. The van der Waals surface area contributed by atoms with E-state index in [-0.39, 0.29) is 12.3 Å². The van der Waals surface area contributed by atoms with E-state index in [9.17, 15) is 9.59 Å². The van der Waals surface area contributed by atoms with Crippen LogP contribution in [0, 0.1) is 0 Å². The molecule has 1 atom stereocenters. The van der Waals surface area contributed by atoms with E-state index in [4.69, 9.17) is 5.11 Å². The van der Waals surface area contributed by atoms with Gasteiger partial charge in [-0.2, -0.15) is 0 Å². The summed E-state index contributed by atoms with van der Waals surface area (Å²) >= 11 is 3.82. The van der Waals surface area contributed by atoms with Gasteiger partial charge in [-0.05, 0) is 31.0 Å². The maximum absolute atomic E-state index is 12.1. The molecule has 0 radical (unpaired) electrons. The van der Waals surface area contributed by atoms with Crippen molar-refractivity contribution in [1.82, 2.24) is 5.32 Å². The van der Waals surface area contributed by atoms with Gasteiger partial charge in [0.2, 0.25) is 0 Å². The fourth-order valence-electron chi connectivity index (χ4n) is 2.08. The Balaban J connectivity index is 2.00. The van der Waals surface area contributed by atoms with Crippen LogP contribution in [0.15, 0.2) is 36.4 Å². The number of carbonyl (C=O) groups is 2. The largest absolute Gasteiger partial charge is 0.480 e. The Morgan fingerprint density at radius 2 is 1.95 bits per heavy atom. The minimum atomic E-state index is -1.03. The van der Waals surface area contributed by atoms with Crippen LogP contribution in [-0.4, -0.2) is 34.5 Å². The first-order valence-corrected chi connectivity index (χ1v) is 9.19. The van der Waals surface area contributed by atoms with Crippen molar-refractivity contribution in [2.45, 2.75) is 24.0 Å². The Morgan fingerprint density at radius 3 is 2.50 bits per heavy atom. The molecule has 0 spiro atoms. The van der Waals surface area contributed by atoms with Gasteiger partial charge in [-0.15, -0.1) is 23.5 Å². The molecule has 1 aromatic carbocycles. The number of amides is 1. The molecule has 1 unspecified atom stereocenters. The highest BCUT2D eigenvalue weighted by atomic mass is 32.2. The highest BCUT2D eigenvalue weighted by Crippen LogP contribution is 2.45. The monoisotopic (exact) mass is 337 g/mol. The third-order valence-corrected chi connectivity index (χ3v) is 6.38. The molecule has 0 bridgehead atoms. The van der Waals surface area contributed by atoms with Gasteiger partial charge in [0.1, 0.15) is 6.04 Å². The average molecular weight is 337 g/mol. The minimum Gasteiger partial charge on any atom is -0.480 e. The van der Waals surface area contributed by atoms with E-state index in [1.807, 2.05) is 42.6 Å². The lowest BCUT2D eigenvalue weighted by Crippen LogP contribution is -2.40. The second-order valence-corrected chi connectivity index (χ2v) is 7.59. The number of aliphatic carboxylic acids is 1. The van der Waals surface area contributed by atoms with Gasteiger partial charge in [0, 0.05) is 17.1 Å². The molecule has 1 aromatic rings. The molecule has 0 aliphatic carbocycles. The summed E-state index contributed by atoms with van der Waals surface area (Å²) in [5.74, 6) is 0.933. The molecular formula is C16H19NO3S2. The summed E-state index contributed by atoms with van der Waals surface area (Å²) in [5, 5.41) is 11.7. The third-order valence-electron chi connectivity index (χ3n) is 3.28. The normalized spacial score (nSPS) is 16.8. The summed E-state index contributed by atoms with van der Waals surface area (Å²) < 4.78 is 0.443. The van der Waals surface area contributed by atoms with Crippen LogP contribution in [0.5, 0.6) is 0 Å². The standard InChI is InChI=1S/C16H19NO3S2/c1-2-3-4-13(15(19)20)17-14(18)11-5-7-12(8-6-11)16-21-9-10-22-16/h2-3,5-8,13,16H,4,9-10H2,1H3,(H,17,18)(H,19,20)/b3-2+. The number of rotatable bonds is 6. The van der Waals surface area contributed by atoms with Crippen LogP contribution in [0.1, 0.15) is 33.8 Å². The minimum absolute atomic E-state index is 0.283. The van der Waals surface area contributed by atoms with Gasteiger partial charge in [-0.25, -0.2) is 4.79 Å². The van der Waals surface area contributed by atoms with Crippen molar-refractivity contribution in [2.75, 3.05) is 11.5 Å². The average Bonchev–Trinajstić information content (AvgIpc) is 3.05. The van der Waals surface area contributed by atoms with Crippen molar-refractivity contribution in [3.05, 3.63) is 47.5 Å². The van der Waals surface area contributed by atoms with Crippen LogP contribution in [0.25, 0.3) is 0 Å². The predicted molar refractivity (Wildman–Crippen MR) is 92.4 cm³/mol. The first kappa shape index (κ1) is 17.0. The Labute approximate surface area is 138 Å². The zero-order chi connectivity index (χ0) is 15.9. The van der Waals surface area contributed by atoms with E-state index in [0.29, 0.717) is 10.1 Å². The smallest absolute Gasteiger partial charge is 0.326 e. The summed E-state index contributed by atoms with van der Waals surface area (Å²) in [5.41, 5.74) is 1.69. The number of thioether (sulfide) groups is 2. The Bertz CT molecular complexity index is 551. The number of hydrogen-bond acceptors (Lipinski definition) is 4. The van der Waals surface area contributed by atoms with E-state index in [1.54, 1.807) is 24.3 Å². The lowest BCUT2D eigenvalue weighted by molar-refractivity contribution is -0.139. The van der Waals surface area contributed by atoms with E-state index in [0.717, 1.165) is 11.5 Å². The predicted octanol–water partition coefficient (Wildman–Crippen LogP) is 3.31. The fourth-order valence-corrected chi connectivity index (χ4v) is 4.94. The number of carboxylic acid groups (broad SMARTS) is 1. The number of carbonyl (C=O) groups excluding carboxylic acids is 1. The molecular weight excluding hydrogens is 318 g/mol. The SMILES string of the molecule is C/C=C/CC(NC(=O)c1ccc(C2SCCS2)cc1)C(=O)O. The summed E-state index contributed by atoms with van der Waals surface area (Å²) in [6.45, 7) is 1.82. The second kappa shape index (κ2) is 8.29. The van der Waals surface area contributed by atoms with E-state index in [2.05, 4.69) is 5.32 Å². The Hall–Kier alpha value is -1.40. The van der Waals surface area contributed by atoms with Crippen LogP contribution in [-0.2, 0) is 4.79 Å². The van der Waals surface area contributed by atoms with Crippen molar-refractivity contribution >= 4 is 35.4 Å². The molecule has 2 N–H and O–H groups in total.